The van der Waals surface area contributed by atoms with Crippen molar-refractivity contribution in [2.75, 3.05) is 18.6 Å². The van der Waals surface area contributed by atoms with Crippen molar-refractivity contribution in [3.05, 3.63) is 70.9 Å². The van der Waals surface area contributed by atoms with Gasteiger partial charge in [-0.25, -0.2) is 9.97 Å². The van der Waals surface area contributed by atoms with E-state index < -0.39 is 0 Å². The number of rotatable bonds is 3. The van der Waals surface area contributed by atoms with Crippen molar-refractivity contribution in [1.82, 2.24) is 14.9 Å². The zero-order valence-electron chi connectivity index (χ0n) is 16.3. The van der Waals surface area contributed by atoms with Gasteiger partial charge in [-0.15, -0.1) is 0 Å². The molecule has 144 valence electrons. The highest BCUT2D eigenvalue weighted by Gasteiger charge is 2.29. The lowest BCUT2D eigenvalue weighted by atomic mass is 9.99. The molecule has 0 unspecified atom stereocenters. The summed E-state index contributed by atoms with van der Waals surface area (Å²) < 4.78 is 5.54. The van der Waals surface area contributed by atoms with Crippen LogP contribution in [0, 0.1) is 11.5 Å². The smallest absolute Gasteiger partial charge is 0.180 e. The quantitative estimate of drug-likeness (QED) is 0.645. The second kappa shape index (κ2) is 7.10. The number of anilines is 1. The van der Waals surface area contributed by atoms with Gasteiger partial charge in [-0.05, 0) is 29.7 Å². The van der Waals surface area contributed by atoms with Crippen LogP contribution in [0.4, 0.5) is 5.82 Å². The van der Waals surface area contributed by atoms with Crippen molar-refractivity contribution in [3.63, 3.8) is 0 Å². The van der Waals surface area contributed by atoms with Crippen molar-refractivity contribution in [2.45, 2.75) is 26.1 Å². The summed E-state index contributed by atoms with van der Waals surface area (Å²) in [5, 5.41) is 9.43. The maximum atomic E-state index is 9.43. The van der Waals surface area contributed by atoms with Crippen molar-refractivity contribution in [2.24, 2.45) is 0 Å². The number of nitriles is 1. The Labute approximate surface area is 170 Å². The molecule has 0 saturated heterocycles. The van der Waals surface area contributed by atoms with Gasteiger partial charge in [-0.2, -0.15) is 5.26 Å². The Hall–Kier alpha value is -3.59. The number of para-hydroxylation sites is 1. The van der Waals surface area contributed by atoms with Crippen LogP contribution < -0.4 is 9.64 Å². The molecule has 0 radical (unpaired) electrons. The Bertz CT molecular complexity index is 1120. The normalized spacial score (nSPS) is 14.9. The third-order valence-corrected chi connectivity index (χ3v) is 5.68. The SMILES string of the molecule is COc1ccccc1-c1nc2c(c(N3CCc4ccccc4C3)n1)CN(C#N)C2. The zero-order chi connectivity index (χ0) is 19.8. The van der Waals surface area contributed by atoms with Crippen molar-refractivity contribution in [3.8, 4) is 23.3 Å². The summed E-state index contributed by atoms with van der Waals surface area (Å²) in [7, 11) is 1.66. The van der Waals surface area contributed by atoms with E-state index in [2.05, 4.69) is 35.4 Å². The highest BCUT2D eigenvalue weighted by molar-refractivity contribution is 5.67. The number of hydrogen-bond donors (Lipinski definition) is 0. The van der Waals surface area contributed by atoms with E-state index in [1.165, 1.54) is 11.1 Å². The van der Waals surface area contributed by atoms with Crippen LogP contribution in [-0.4, -0.2) is 28.5 Å². The molecule has 0 spiro atoms. The summed E-state index contributed by atoms with van der Waals surface area (Å²) >= 11 is 0. The standard InChI is InChI=1S/C23H21N5O/c1-29-21-9-5-4-8-18(21)22-25-20-14-27(15-24)13-19(20)23(26-22)28-11-10-16-6-2-3-7-17(16)12-28/h2-9H,10-14H2,1H3. The van der Waals surface area contributed by atoms with Gasteiger partial charge in [0, 0.05) is 18.7 Å². The number of benzene rings is 2. The molecule has 3 aromatic rings. The van der Waals surface area contributed by atoms with E-state index in [4.69, 9.17) is 14.7 Å². The lowest BCUT2D eigenvalue weighted by Gasteiger charge is -2.31. The zero-order valence-corrected chi connectivity index (χ0v) is 16.3. The highest BCUT2D eigenvalue weighted by Crippen LogP contribution is 2.35. The first-order valence-corrected chi connectivity index (χ1v) is 9.76. The van der Waals surface area contributed by atoms with Gasteiger partial charge in [0.25, 0.3) is 0 Å². The summed E-state index contributed by atoms with van der Waals surface area (Å²) in [6.45, 7) is 2.80. The van der Waals surface area contributed by atoms with Crippen LogP contribution in [0.1, 0.15) is 22.4 Å². The largest absolute Gasteiger partial charge is 0.496 e. The van der Waals surface area contributed by atoms with Gasteiger partial charge in [-0.1, -0.05) is 36.4 Å². The average Bonchev–Trinajstić information content (AvgIpc) is 3.21. The first-order chi connectivity index (χ1) is 14.3. The van der Waals surface area contributed by atoms with Gasteiger partial charge in [0.05, 0.1) is 31.5 Å². The molecule has 3 heterocycles. The maximum Gasteiger partial charge on any atom is 0.180 e. The van der Waals surface area contributed by atoms with E-state index in [1.807, 2.05) is 24.3 Å². The Balaban J connectivity index is 1.62. The third kappa shape index (κ3) is 3.05. The highest BCUT2D eigenvalue weighted by atomic mass is 16.5. The topological polar surface area (TPSA) is 65.3 Å². The predicted molar refractivity (Wildman–Crippen MR) is 110 cm³/mol. The molecule has 0 atom stereocenters. The number of ether oxygens (including phenoxy) is 1. The molecular formula is C23H21N5O. The Kier molecular flexibility index (Phi) is 4.28. The molecule has 0 saturated carbocycles. The Morgan fingerprint density at radius 2 is 1.76 bits per heavy atom. The molecule has 5 rings (SSSR count). The fourth-order valence-corrected chi connectivity index (χ4v) is 4.20. The summed E-state index contributed by atoms with van der Waals surface area (Å²) in [6.07, 6.45) is 3.25. The fourth-order valence-electron chi connectivity index (χ4n) is 4.20. The minimum atomic E-state index is 0.522. The van der Waals surface area contributed by atoms with Crippen LogP contribution in [0.2, 0.25) is 0 Å². The first-order valence-electron chi connectivity index (χ1n) is 9.76. The van der Waals surface area contributed by atoms with E-state index in [1.54, 1.807) is 12.0 Å². The predicted octanol–water partition coefficient (Wildman–Crippen LogP) is 3.51. The second-order valence-corrected chi connectivity index (χ2v) is 7.39. The average molecular weight is 383 g/mol. The summed E-state index contributed by atoms with van der Waals surface area (Å²) in [5.74, 6) is 2.33. The van der Waals surface area contributed by atoms with E-state index in [9.17, 15) is 5.26 Å². The van der Waals surface area contributed by atoms with Gasteiger partial charge in [0.1, 0.15) is 11.6 Å². The molecule has 6 heteroatoms. The number of nitrogens with zero attached hydrogens (tertiary/aromatic N) is 5. The van der Waals surface area contributed by atoms with E-state index in [-0.39, 0.29) is 0 Å². The van der Waals surface area contributed by atoms with Gasteiger partial charge in [-0.3, -0.25) is 0 Å². The van der Waals surface area contributed by atoms with Crippen LogP contribution in [-0.2, 0) is 26.1 Å². The van der Waals surface area contributed by atoms with Gasteiger partial charge in [0.15, 0.2) is 12.0 Å². The molecule has 0 N–H and O–H groups in total. The van der Waals surface area contributed by atoms with Crippen LogP contribution in [0.15, 0.2) is 48.5 Å². The molecule has 2 aromatic carbocycles. The summed E-state index contributed by atoms with van der Waals surface area (Å²) in [4.78, 5) is 13.9. The number of methoxy groups -OCH3 is 1. The van der Waals surface area contributed by atoms with Gasteiger partial charge < -0.3 is 14.5 Å². The minimum absolute atomic E-state index is 0.522. The summed E-state index contributed by atoms with van der Waals surface area (Å²) in [5.41, 5.74) is 5.59. The van der Waals surface area contributed by atoms with Crippen molar-refractivity contribution in [1.29, 1.82) is 5.26 Å². The number of hydrogen-bond acceptors (Lipinski definition) is 6. The molecular weight excluding hydrogens is 362 g/mol. The second-order valence-electron chi connectivity index (χ2n) is 7.39. The Morgan fingerprint density at radius 3 is 2.59 bits per heavy atom. The first kappa shape index (κ1) is 17.5. The number of fused-ring (bicyclic) bond motifs is 2. The lowest BCUT2D eigenvalue weighted by Crippen LogP contribution is -2.32. The molecule has 0 fully saturated rings. The van der Waals surface area contributed by atoms with E-state index in [0.29, 0.717) is 18.9 Å². The fraction of sp³-hybridized carbons (Fsp3) is 0.261. The molecule has 1 aromatic heterocycles. The van der Waals surface area contributed by atoms with Crippen molar-refractivity contribution < 1.29 is 4.74 Å². The monoisotopic (exact) mass is 383 g/mol. The molecule has 0 aliphatic carbocycles. The number of aromatic nitrogens is 2. The molecule has 0 bridgehead atoms. The minimum Gasteiger partial charge on any atom is -0.496 e. The van der Waals surface area contributed by atoms with Crippen molar-refractivity contribution >= 4 is 5.82 Å². The van der Waals surface area contributed by atoms with Gasteiger partial charge >= 0.3 is 0 Å². The molecule has 2 aliphatic heterocycles. The maximum absolute atomic E-state index is 9.43. The van der Waals surface area contributed by atoms with Crippen LogP contribution >= 0.6 is 0 Å². The van der Waals surface area contributed by atoms with Crippen LogP contribution in [0.3, 0.4) is 0 Å². The molecule has 29 heavy (non-hydrogen) atoms. The van der Waals surface area contributed by atoms with E-state index in [0.717, 1.165) is 47.9 Å². The van der Waals surface area contributed by atoms with Gasteiger partial charge in [0.2, 0.25) is 0 Å². The summed E-state index contributed by atoms with van der Waals surface area (Å²) in [6, 6.07) is 16.4. The van der Waals surface area contributed by atoms with Crippen LogP contribution in [0.5, 0.6) is 5.75 Å². The molecule has 6 nitrogen and oxygen atoms in total. The van der Waals surface area contributed by atoms with E-state index >= 15 is 0 Å². The third-order valence-electron chi connectivity index (χ3n) is 5.68. The molecule has 2 aliphatic rings. The Morgan fingerprint density at radius 1 is 0.966 bits per heavy atom. The van der Waals surface area contributed by atoms with Crippen LogP contribution in [0.25, 0.3) is 11.4 Å². The lowest BCUT2D eigenvalue weighted by molar-refractivity contribution is 0.414. The molecule has 0 amide bonds.